The van der Waals surface area contributed by atoms with Crippen molar-refractivity contribution in [2.24, 2.45) is 5.73 Å². The third-order valence-corrected chi connectivity index (χ3v) is 3.22. The van der Waals surface area contributed by atoms with E-state index in [1.54, 1.807) is 13.8 Å². The smallest absolute Gasteiger partial charge is 0.350 e. The molecule has 2 aromatic rings. The maximum atomic E-state index is 13.5. The molecule has 24 heavy (non-hydrogen) atoms. The highest BCUT2D eigenvalue weighted by Crippen LogP contribution is 2.34. The fourth-order valence-electron chi connectivity index (χ4n) is 1.88. The van der Waals surface area contributed by atoms with Crippen LogP contribution in [0.15, 0.2) is 24.5 Å². The number of carbonyl (C=O) groups is 1. The molecule has 0 aliphatic carbocycles. The highest BCUT2D eigenvalue weighted by Gasteiger charge is 2.41. The number of nitrogens with two attached hydrogens (primary N) is 1. The molecule has 0 aliphatic heterocycles. The monoisotopic (exact) mass is 361 g/mol. The fourth-order valence-corrected chi connectivity index (χ4v) is 2.09. The number of nitrogens with zero attached hydrogens (tertiary/aromatic N) is 3. The number of halogens is 4. The molecule has 0 fully saturated rings. The third kappa shape index (κ3) is 4.04. The molecule has 2 rings (SSSR count). The lowest BCUT2D eigenvalue weighted by Gasteiger charge is -2.19. The summed E-state index contributed by atoms with van der Waals surface area (Å²) in [6, 6.07) is 2.85. The molecule has 0 saturated heterocycles. The molecule has 0 saturated carbocycles. The Balaban J connectivity index is 2.48. The van der Waals surface area contributed by atoms with Gasteiger partial charge in [-0.1, -0.05) is 11.6 Å². The van der Waals surface area contributed by atoms with Gasteiger partial charge in [0.1, 0.15) is 0 Å². The van der Waals surface area contributed by atoms with Gasteiger partial charge in [-0.05, 0) is 26.0 Å². The summed E-state index contributed by atoms with van der Waals surface area (Å²) in [7, 11) is 0. The molecule has 0 unspecified atom stereocenters. The van der Waals surface area contributed by atoms with Crippen LogP contribution < -0.4 is 11.1 Å². The van der Waals surface area contributed by atoms with Gasteiger partial charge in [-0.25, -0.2) is 9.67 Å². The maximum Gasteiger partial charge on any atom is 0.434 e. The first kappa shape index (κ1) is 18.2. The normalized spacial score (nSPS) is 12.3. The van der Waals surface area contributed by atoms with E-state index >= 15 is 0 Å². The largest absolute Gasteiger partial charge is 0.434 e. The van der Waals surface area contributed by atoms with Gasteiger partial charge in [0.15, 0.2) is 11.5 Å². The third-order valence-electron chi connectivity index (χ3n) is 2.93. The molecule has 0 bridgehead atoms. The second-order valence-corrected chi connectivity index (χ2v) is 6.20. The Morgan fingerprint density at radius 1 is 1.42 bits per heavy atom. The summed E-state index contributed by atoms with van der Waals surface area (Å²) in [5.74, 6) is -1.15. The summed E-state index contributed by atoms with van der Waals surface area (Å²) in [6.07, 6.45) is -2.73. The maximum absolute atomic E-state index is 13.5. The molecule has 3 N–H and O–H groups in total. The summed E-state index contributed by atoms with van der Waals surface area (Å²) < 4.78 is 40.9. The van der Waals surface area contributed by atoms with Crippen molar-refractivity contribution in [2.45, 2.75) is 25.6 Å². The number of aromatic nitrogens is 3. The first-order chi connectivity index (χ1) is 11.0. The molecule has 0 spiro atoms. The fraction of sp³-hybridized carbons (Fsp3) is 0.357. The van der Waals surface area contributed by atoms with Crippen molar-refractivity contribution in [1.29, 1.82) is 0 Å². The van der Waals surface area contributed by atoms with E-state index in [0.717, 1.165) is 6.20 Å². The molecule has 1 amide bonds. The lowest BCUT2D eigenvalue weighted by Crippen LogP contribution is -2.45. The molecule has 0 atom stereocenters. The molecule has 6 nitrogen and oxygen atoms in total. The van der Waals surface area contributed by atoms with Crippen LogP contribution in [0.2, 0.25) is 5.02 Å². The van der Waals surface area contributed by atoms with Crippen molar-refractivity contribution in [2.75, 3.05) is 6.54 Å². The van der Waals surface area contributed by atoms with Crippen LogP contribution in [-0.2, 0) is 6.18 Å². The van der Waals surface area contributed by atoms with E-state index in [1.807, 2.05) is 0 Å². The van der Waals surface area contributed by atoms with E-state index in [9.17, 15) is 18.0 Å². The molecule has 0 aromatic carbocycles. The van der Waals surface area contributed by atoms with Crippen LogP contribution in [0.3, 0.4) is 0 Å². The predicted molar refractivity (Wildman–Crippen MR) is 82.0 cm³/mol. The zero-order valence-electron chi connectivity index (χ0n) is 12.9. The summed E-state index contributed by atoms with van der Waals surface area (Å²) >= 11 is 5.88. The minimum Gasteiger partial charge on any atom is -0.350 e. The lowest BCUT2D eigenvalue weighted by molar-refractivity contribution is -0.143. The number of rotatable bonds is 4. The molecule has 2 heterocycles. The van der Waals surface area contributed by atoms with E-state index < -0.39 is 28.9 Å². The van der Waals surface area contributed by atoms with Crippen molar-refractivity contribution in [1.82, 2.24) is 20.1 Å². The predicted octanol–water partition coefficient (Wildman–Crippen LogP) is 2.41. The van der Waals surface area contributed by atoms with Gasteiger partial charge in [0.25, 0.3) is 5.91 Å². The Morgan fingerprint density at radius 3 is 2.62 bits per heavy atom. The Morgan fingerprint density at radius 2 is 2.08 bits per heavy atom. The number of hydrogen-bond acceptors (Lipinski definition) is 4. The second kappa shape index (κ2) is 6.40. The molecule has 10 heteroatoms. The topological polar surface area (TPSA) is 85.8 Å². The first-order valence-electron chi connectivity index (χ1n) is 6.84. The quantitative estimate of drug-likeness (QED) is 0.875. The Bertz CT molecular complexity index is 752. The van der Waals surface area contributed by atoms with Gasteiger partial charge in [-0.15, -0.1) is 0 Å². The Labute approximate surface area is 140 Å². The average molecular weight is 362 g/mol. The molecule has 2 aromatic heterocycles. The second-order valence-electron chi connectivity index (χ2n) is 5.80. The van der Waals surface area contributed by atoms with E-state index in [0.29, 0.717) is 4.68 Å². The van der Waals surface area contributed by atoms with Gasteiger partial charge in [-0.2, -0.15) is 18.3 Å². The van der Waals surface area contributed by atoms with Crippen LogP contribution in [0, 0.1) is 0 Å². The van der Waals surface area contributed by atoms with Gasteiger partial charge in [0.05, 0.1) is 16.8 Å². The van der Waals surface area contributed by atoms with Crippen LogP contribution in [0.25, 0.3) is 5.82 Å². The van der Waals surface area contributed by atoms with Gasteiger partial charge < -0.3 is 11.1 Å². The molecule has 0 radical (unpaired) electrons. The summed E-state index contributed by atoms with van der Waals surface area (Å²) in [5, 5.41) is 5.97. The van der Waals surface area contributed by atoms with Crippen LogP contribution in [0.1, 0.15) is 29.9 Å². The minimum absolute atomic E-state index is 0.00134. The van der Waals surface area contributed by atoms with Crippen molar-refractivity contribution >= 4 is 17.5 Å². The first-order valence-corrected chi connectivity index (χ1v) is 7.22. The van der Waals surface area contributed by atoms with Crippen LogP contribution in [-0.4, -0.2) is 32.8 Å². The summed E-state index contributed by atoms with van der Waals surface area (Å²) in [6.45, 7) is 3.27. The van der Waals surface area contributed by atoms with E-state index in [-0.39, 0.29) is 17.4 Å². The zero-order valence-corrected chi connectivity index (χ0v) is 13.6. The Kier molecular flexibility index (Phi) is 4.86. The van der Waals surface area contributed by atoms with Gasteiger partial charge >= 0.3 is 6.18 Å². The van der Waals surface area contributed by atoms with E-state index in [2.05, 4.69) is 15.4 Å². The molecular formula is C14H15ClF3N5O. The number of nitrogens with one attached hydrogen (secondary N) is 1. The molecule has 130 valence electrons. The van der Waals surface area contributed by atoms with Gasteiger partial charge in [-0.3, -0.25) is 4.79 Å². The molecule has 0 aliphatic rings. The number of carbonyl (C=O) groups excluding carboxylic acids is 1. The van der Waals surface area contributed by atoms with E-state index in [1.165, 1.54) is 18.3 Å². The summed E-state index contributed by atoms with van der Waals surface area (Å²) in [4.78, 5) is 15.9. The zero-order chi connectivity index (χ0) is 18.1. The Hall–Kier alpha value is -2.13. The number of pyridine rings is 1. The SMILES string of the molecule is CC(C)(N)CNC(=O)c1cnn(-c2ncccc2Cl)c1C(F)(F)F. The van der Waals surface area contributed by atoms with Crippen LogP contribution in [0.5, 0.6) is 0 Å². The van der Waals surface area contributed by atoms with Crippen molar-refractivity contribution < 1.29 is 18.0 Å². The van der Waals surface area contributed by atoms with Crippen molar-refractivity contribution in [3.8, 4) is 5.82 Å². The summed E-state index contributed by atoms with van der Waals surface area (Å²) in [5.41, 5.74) is 3.06. The minimum atomic E-state index is -4.83. The average Bonchev–Trinajstić information content (AvgIpc) is 2.89. The lowest BCUT2D eigenvalue weighted by atomic mass is 10.1. The number of amides is 1. The number of hydrogen-bond donors (Lipinski definition) is 2. The van der Waals surface area contributed by atoms with Crippen molar-refractivity contribution in [3.63, 3.8) is 0 Å². The molecular weight excluding hydrogens is 347 g/mol. The highest BCUT2D eigenvalue weighted by atomic mass is 35.5. The van der Waals surface area contributed by atoms with Crippen LogP contribution in [0.4, 0.5) is 13.2 Å². The van der Waals surface area contributed by atoms with E-state index in [4.69, 9.17) is 17.3 Å². The van der Waals surface area contributed by atoms with Gasteiger partial charge in [0, 0.05) is 18.3 Å². The van der Waals surface area contributed by atoms with Gasteiger partial charge in [0.2, 0.25) is 0 Å². The van der Waals surface area contributed by atoms with Crippen LogP contribution >= 0.6 is 11.6 Å². The standard InChI is InChI=1S/C14H15ClF3N5O/c1-13(2,19)7-21-12(24)8-6-22-23(10(8)14(16,17)18)11-9(15)4-3-5-20-11/h3-6H,7,19H2,1-2H3,(H,21,24). The number of alkyl halides is 3. The highest BCUT2D eigenvalue weighted by molar-refractivity contribution is 6.32. The van der Waals surface area contributed by atoms with Crippen molar-refractivity contribution in [3.05, 3.63) is 40.8 Å².